The van der Waals surface area contributed by atoms with Crippen molar-refractivity contribution in [1.82, 2.24) is 4.90 Å². The van der Waals surface area contributed by atoms with Crippen molar-refractivity contribution in [3.63, 3.8) is 0 Å². The third-order valence-corrected chi connectivity index (χ3v) is 3.63. The number of rotatable bonds is 4. The fourth-order valence-electron chi connectivity index (χ4n) is 2.66. The van der Waals surface area contributed by atoms with Gasteiger partial charge in [-0.1, -0.05) is 30.3 Å². The molecule has 0 spiro atoms. The number of likely N-dealkylation sites (tertiary alicyclic amines) is 1. The Kier molecular flexibility index (Phi) is 4.50. The molecule has 0 saturated carbocycles. The van der Waals surface area contributed by atoms with Gasteiger partial charge in [-0.3, -0.25) is 4.79 Å². The van der Waals surface area contributed by atoms with Gasteiger partial charge in [0.2, 0.25) is 0 Å². The van der Waals surface area contributed by atoms with Gasteiger partial charge in [-0.25, -0.2) is 0 Å². The highest BCUT2D eigenvalue weighted by Crippen LogP contribution is 2.23. The number of nitrogens with zero attached hydrogens (tertiary/aromatic N) is 1. The third kappa shape index (κ3) is 3.40. The molecule has 2 rings (SSSR count). The minimum absolute atomic E-state index is 0.0542. The second-order valence-electron chi connectivity index (χ2n) is 5.25. The molecule has 1 aromatic rings. The van der Waals surface area contributed by atoms with Gasteiger partial charge in [-0.05, 0) is 37.9 Å². The number of benzene rings is 1. The lowest BCUT2D eigenvalue weighted by atomic mass is 9.90. The molecular weight excluding hydrogens is 226 g/mol. The molecule has 1 heterocycles. The molecule has 0 unspecified atom stereocenters. The lowest BCUT2D eigenvalue weighted by Crippen LogP contribution is -2.33. The number of aliphatic hydroxyl groups is 1. The van der Waals surface area contributed by atoms with Crippen LogP contribution >= 0.6 is 0 Å². The van der Waals surface area contributed by atoms with Crippen LogP contribution in [0.5, 0.6) is 0 Å². The Morgan fingerprint density at radius 1 is 1.44 bits per heavy atom. The fourth-order valence-corrected chi connectivity index (χ4v) is 2.66. The van der Waals surface area contributed by atoms with Crippen molar-refractivity contribution in [1.29, 1.82) is 0 Å². The number of carbonyl (C=O) groups excluding carboxylic acids is 1. The molecule has 1 saturated heterocycles. The van der Waals surface area contributed by atoms with Gasteiger partial charge in [-0.2, -0.15) is 0 Å². The summed E-state index contributed by atoms with van der Waals surface area (Å²) < 4.78 is 0. The Morgan fingerprint density at radius 3 is 2.83 bits per heavy atom. The zero-order valence-electron chi connectivity index (χ0n) is 10.9. The van der Waals surface area contributed by atoms with Gasteiger partial charge < -0.3 is 10.0 Å². The first-order chi connectivity index (χ1) is 8.66. The molecular formula is C15H21NO2. The van der Waals surface area contributed by atoms with E-state index < -0.39 is 6.10 Å². The van der Waals surface area contributed by atoms with Crippen LogP contribution in [0.25, 0.3) is 0 Å². The van der Waals surface area contributed by atoms with Crippen molar-refractivity contribution < 1.29 is 9.90 Å². The van der Waals surface area contributed by atoms with Gasteiger partial charge in [0.05, 0.1) is 0 Å². The van der Waals surface area contributed by atoms with Crippen LogP contribution in [0.4, 0.5) is 0 Å². The summed E-state index contributed by atoms with van der Waals surface area (Å²) in [6, 6.07) is 9.18. The van der Waals surface area contributed by atoms with Gasteiger partial charge in [-0.15, -0.1) is 0 Å². The van der Waals surface area contributed by atoms with E-state index in [1.807, 2.05) is 18.2 Å². The molecule has 18 heavy (non-hydrogen) atoms. The summed E-state index contributed by atoms with van der Waals surface area (Å²) in [7, 11) is 2.09. The lowest BCUT2D eigenvalue weighted by Gasteiger charge is -2.29. The zero-order chi connectivity index (χ0) is 13.0. The Hall–Kier alpha value is -1.19. The van der Waals surface area contributed by atoms with E-state index in [1.54, 1.807) is 12.1 Å². The standard InChI is InChI=1S/C15H21NO2/c1-16-9-5-6-12(11-16)10-14(17)15(18)13-7-3-2-4-8-13/h2-4,7-8,12,15,18H,5-6,9-11H2,1H3/t12-,15-/m0/s1. The van der Waals surface area contributed by atoms with Crippen molar-refractivity contribution in [3.05, 3.63) is 35.9 Å². The second-order valence-corrected chi connectivity index (χ2v) is 5.25. The fraction of sp³-hybridized carbons (Fsp3) is 0.533. The number of Topliss-reactive ketones (excluding diaryl/α,β-unsaturated/α-hetero) is 1. The maximum Gasteiger partial charge on any atom is 0.166 e. The molecule has 3 heteroatoms. The number of ketones is 1. The molecule has 0 amide bonds. The average molecular weight is 247 g/mol. The van der Waals surface area contributed by atoms with E-state index in [0.717, 1.165) is 25.9 Å². The predicted octanol–water partition coefficient (Wildman–Crippen LogP) is 2.02. The Morgan fingerprint density at radius 2 is 2.17 bits per heavy atom. The molecule has 1 aliphatic rings. The SMILES string of the molecule is CN1CCC[C@@H](CC(=O)[C@@H](O)c2ccccc2)C1. The second kappa shape index (κ2) is 6.12. The summed E-state index contributed by atoms with van der Waals surface area (Å²) >= 11 is 0. The van der Waals surface area contributed by atoms with Crippen LogP contribution in [0.15, 0.2) is 30.3 Å². The summed E-state index contributed by atoms with van der Waals surface area (Å²) in [5, 5.41) is 10.0. The molecule has 0 aliphatic carbocycles. The Labute approximate surface area is 108 Å². The zero-order valence-corrected chi connectivity index (χ0v) is 10.9. The summed E-state index contributed by atoms with van der Waals surface area (Å²) in [6.45, 7) is 2.08. The number of aliphatic hydroxyl groups excluding tert-OH is 1. The van der Waals surface area contributed by atoms with Gasteiger partial charge in [0, 0.05) is 13.0 Å². The summed E-state index contributed by atoms with van der Waals surface area (Å²) in [5.74, 6) is 0.344. The van der Waals surface area contributed by atoms with E-state index in [1.165, 1.54) is 0 Å². The van der Waals surface area contributed by atoms with Crippen LogP contribution in [-0.2, 0) is 4.79 Å². The number of piperidine rings is 1. The third-order valence-electron chi connectivity index (χ3n) is 3.63. The van der Waals surface area contributed by atoms with Crippen molar-refractivity contribution >= 4 is 5.78 Å². The van der Waals surface area contributed by atoms with E-state index >= 15 is 0 Å². The molecule has 3 nitrogen and oxygen atoms in total. The van der Waals surface area contributed by atoms with Crippen LogP contribution in [0.2, 0.25) is 0 Å². The summed E-state index contributed by atoms with van der Waals surface area (Å²) in [6.07, 6.45) is 1.77. The smallest absolute Gasteiger partial charge is 0.166 e. The Balaban J connectivity index is 1.91. The molecule has 1 fully saturated rings. The van der Waals surface area contributed by atoms with Crippen LogP contribution in [0.3, 0.4) is 0 Å². The van der Waals surface area contributed by atoms with E-state index in [4.69, 9.17) is 0 Å². The molecule has 0 radical (unpaired) electrons. The van der Waals surface area contributed by atoms with E-state index in [9.17, 15) is 9.90 Å². The number of hydrogen-bond donors (Lipinski definition) is 1. The molecule has 1 aliphatic heterocycles. The van der Waals surface area contributed by atoms with Gasteiger partial charge in [0.15, 0.2) is 5.78 Å². The first-order valence-corrected chi connectivity index (χ1v) is 6.61. The molecule has 0 aromatic heterocycles. The van der Waals surface area contributed by atoms with Crippen molar-refractivity contribution in [2.75, 3.05) is 20.1 Å². The quantitative estimate of drug-likeness (QED) is 0.885. The first kappa shape index (κ1) is 13.2. The maximum absolute atomic E-state index is 12.0. The van der Waals surface area contributed by atoms with E-state index in [0.29, 0.717) is 17.9 Å². The summed E-state index contributed by atoms with van der Waals surface area (Å²) in [5.41, 5.74) is 0.701. The monoisotopic (exact) mass is 247 g/mol. The summed E-state index contributed by atoms with van der Waals surface area (Å²) in [4.78, 5) is 14.3. The normalized spacial score (nSPS) is 22.7. The first-order valence-electron chi connectivity index (χ1n) is 6.61. The molecule has 98 valence electrons. The van der Waals surface area contributed by atoms with Crippen molar-refractivity contribution in [3.8, 4) is 0 Å². The minimum Gasteiger partial charge on any atom is -0.381 e. The maximum atomic E-state index is 12.0. The molecule has 1 aromatic carbocycles. The molecule has 1 N–H and O–H groups in total. The molecule has 2 atom stereocenters. The van der Waals surface area contributed by atoms with Crippen molar-refractivity contribution in [2.24, 2.45) is 5.92 Å². The number of carbonyl (C=O) groups is 1. The highest BCUT2D eigenvalue weighted by atomic mass is 16.3. The van der Waals surface area contributed by atoms with E-state index in [2.05, 4.69) is 11.9 Å². The predicted molar refractivity (Wildman–Crippen MR) is 71.2 cm³/mol. The largest absolute Gasteiger partial charge is 0.381 e. The highest BCUT2D eigenvalue weighted by molar-refractivity contribution is 5.84. The van der Waals surface area contributed by atoms with Gasteiger partial charge in [0.1, 0.15) is 6.10 Å². The Bertz CT molecular complexity index is 391. The average Bonchev–Trinajstić information content (AvgIpc) is 2.39. The number of hydrogen-bond acceptors (Lipinski definition) is 3. The molecule has 0 bridgehead atoms. The highest BCUT2D eigenvalue weighted by Gasteiger charge is 2.24. The van der Waals surface area contributed by atoms with E-state index in [-0.39, 0.29) is 5.78 Å². The van der Waals surface area contributed by atoms with Gasteiger partial charge in [0.25, 0.3) is 0 Å². The van der Waals surface area contributed by atoms with Crippen LogP contribution < -0.4 is 0 Å². The minimum atomic E-state index is -0.960. The van der Waals surface area contributed by atoms with Crippen LogP contribution in [0.1, 0.15) is 30.9 Å². The van der Waals surface area contributed by atoms with Crippen LogP contribution in [-0.4, -0.2) is 35.9 Å². The van der Waals surface area contributed by atoms with Crippen LogP contribution in [0, 0.1) is 5.92 Å². The van der Waals surface area contributed by atoms with Gasteiger partial charge >= 0.3 is 0 Å². The van der Waals surface area contributed by atoms with Crippen molar-refractivity contribution in [2.45, 2.75) is 25.4 Å². The lowest BCUT2D eigenvalue weighted by molar-refractivity contribution is -0.128. The topological polar surface area (TPSA) is 40.5 Å².